The zero-order chi connectivity index (χ0) is 17.6. The Hall–Kier alpha value is -1.44. The minimum Gasteiger partial charge on any atom is -0.465 e. The van der Waals surface area contributed by atoms with Crippen LogP contribution in [0.2, 0.25) is 0 Å². The minimum atomic E-state index is -3.60. The van der Waals surface area contributed by atoms with Crippen LogP contribution in [0.5, 0.6) is 0 Å². The minimum absolute atomic E-state index is 0.249. The van der Waals surface area contributed by atoms with Crippen LogP contribution in [0.15, 0.2) is 24.3 Å². The van der Waals surface area contributed by atoms with Crippen molar-refractivity contribution in [3.63, 3.8) is 0 Å². The van der Waals surface area contributed by atoms with Gasteiger partial charge in [0.05, 0.1) is 18.4 Å². The summed E-state index contributed by atoms with van der Waals surface area (Å²) in [5.74, 6) is -0.514. The Morgan fingerprint density at radius 3 is 2.58 bits per heavy atom. The molecule has 0 amide bonds. The molecule has 1 fully saturated rings. The number of carbonyl (C=O) groups excluding carboxylic acids is 1. The molecule has 0 saturated heterocycles. The van der Waals surface area contributed by atoms with Crippen LogP contribution in [0, 0.1) is 5.92 Å². The van der Waals surface area contributed by atoms with Crippen LogP contribution >= 0.6 is 0 Å². The second kappa shape index (κ2) is 8.60. The molecule has 24 heavy (non-hydrogen) atoms. The highest BCUT2D eigenvalue weighted by molar-refractivity contribution is 7.88. The van der Waals surface area contributed by atoms with E-state index in [1.165, 1.54) is 13.5 Å². The Labute approximate surface area is 143 Å². The lowest BCUT2D eigenvalue weighted by Crippen LogP contribution is -2.46. The fraction of sp³-hybridized carbons (Fsp3) is 0.588. The van der Waals surface area contributed by atoms with Crippen molar-refractivity contribution in [3.05, 3.63) is 35.4 Å². The first-order valence-corrected chi connectivity index (χ1v) is 9.98. The van der Waals surface area contributed by atoms with E-state index in [0.717, 1.165) is 25.7 Å². The first-order chi connectivity index (χ1) is 11.5. The van der Waals surface area contributed by atoms with Crippen molar-refractivity contribution in [1.29, 1.82) is 0 Å². The van der Waals surface area contributed by atoms with Crippen LogP contribution < -0.4 is 10.5 Å². The van der Waals surface area contributed by atoms with Crippen molar-refractivity contribution < 1.29 is 17.9 Å². The quantitative estimate of drug-likeness (QED) is 0.728. The average Bonchev–Trinajstić information content (AvgIpc) is 2.60. The molecule has 1 saturated carbocycles. The van der Waals surface area contributed by atoms with E-state index in [9.17, 15) is 13.2 Å². The van der Waals surface area contributed by atoms with E-state index in [1.807, 2.05) is 0 Å². The van der Waals surface area contributed by atoms with Crippen LogP contribution in [-0.4, -0.2) is 34.1 Å². The third-order valence-electron chi connectivity index (χ3n) is 4.57. The second-order valence-corrected chi connectivity index (χ2v) is 8.02. The molecule has 2 rings (SSSR count). The molecule has 1 aliphatic carbocycles. The Bertz CT molecular complexity index is 654. The standard InChI is InChI=1S/C17H26N2O4S/c1-23-17(20)15-10-6-5-9-14(15)12-24(21,22)19-16(11-18)13-7-3-2-4-8-13/h5-6,9-10,13,16,19H,2-4,7-8,11-12,18H2,1H3. The highest BCUT2D eigenvalue weighted by Crippen LogP contribution is 2.26. The predicted molar refractivity (Wildman–Crippen MR) is 93.0 cm³/mol. The maximum absolute atomic E-state index is 12.6. The van der Waals surface area contributed by atoms with E-state index in [-0.39, 0.29) is 29.8 Å². The highest BCUT2D eigenvalue weighted by atomic mass is 32.2. The lowest BCUT2D eigenvalue weighted by Gasteiger charge is -2.29. The van der Waals surface area contributed by atoms with E-state index in [1.54, 1.807) is 24.3 Å². The number of hydrogen-bond acceptors (Lipinski definition) is 5. The van der Waals surface area contributed by atoms with Gasteiger partial charge in [0.2, 0.25) is 10.0 Å². The summed E-state index contributed by atoms with van der Waals surface area (Å²) >= 11 is 0. The molecule has 3 N–H and O–H groups in total. The van der Waals surface area contributed by atoms with Gasteiger partial charge in [-0.1, -0.05) is 37.5 Å². The van der Waals surface area contributed by atoms with E-state index in [2.05, 4.69) is 4.72 Å². The SMILES string of the molecule is COC(=O)c1ccccc1CS(=O)(=O)NC(CN)C1CCCCC1. The number of ether oxygens (including phenoxy) is 1. The predicted octanol–water partition coefficient (Wildman–Crippen LogP) is 1.80. The van der Waals surface area contributed by atoms with E-state index in [0.29, 0.717) is 5.56 Å². The zero-order valence-electron chi connectivity index (χ0n) is 14.0. The number of benzene rings is 1. The molecule has 1 aromatic rings. The normalized spacial score (nSPS) is 17.4. The third-order valence-corrected chi connectivity index (χ3v) is 5.92. The molecule has 6 nitrogen and oxygen atoms in total. The summed E-state index contributed by atoms with van der Waals surface area (Å²) in [6, 6.07) is 6.34. The largest absolute Gasteiger partial charge is 0.465 e. The van der Waals surface area contributed by atoms with E-state index >= 15 is 0 Å². The van der Waals surface area contributed by atoms with Gasteiger partial charge in [-0.2, -0.15) is 0 Å². The van der Waals surface area contributed by atoms with Crippen molar-refractivity contribution >= 4 is 16.0 Å². The van der Waals surface area contributed by atoms with Gasteiger partial charge in [-0.05, 0) is 30.4 Å². The average molecular weight is 354 g/mol. The van der Waals surface area contributed by atoms with Crippen molar-refractivity contribution in [2.24, 2.45) is 11.7 Å². The Balaban J connectivity index is 2.12. The van der Waals surface area contributed by atoms with Crippen molar-refractivity contribution in [2.45, 2.75) is 43.9 Å². The van der Waals surface area contributed by atoms with Crippen LogP contribution in [0.3, 0.4) is 0 Å². The molecule has 0 aliphatic heterocycles. The zero-order valence-corrected chi connectivity index (χ0v) is 14.8. The highest BCUT2D eigenvalue weighted by Gasteiger charge is 2.27. The number of nitrogens with one attached hydrogen (secondary N) is 1. The summed E-state index contributed by atoms with van der Waals surface area (Å²) < 4.78 is 32.6. The van der Waals surface area contributed by atoms with Gasteiger partial charge in [-0.3, -0.25) is 0 Å². The number of hydrogen-bond donors (Lipinski definition) is 2. The fourth-order valence-corrected chi connectivity index (χ4v) is 4.80. The molecule has 0 heterocycles. The summed E-state index contributed by atoms with van der Waals surface area (Å²) in [5, 5.41) is 0. The van der Waals surface area contributed by atoms with Gasteiger partial charge in [0.15, 0.2) is 0 Å². The van der Waals surface area contributed by atoms with E-state index in [4.69, 9.17) is 10.5 Å². The van der Waals surface area contributed by atoms with Crippen LogP contribution in [0.1, 0.15) is 48.0 Å². The lowest BCUT2D eigenvalue weighted by atomic mass is 9.84. The molecule has 1 aliphatic rings. The Morgan fingerprint density at radius 2 is 1.96 bits per heavy atom. The summed E-state index contributed by atoms with van der Waals surface area (Å²) in [5.41, 5.74) is 6.50. The number of sulfonamides is 1. The summed E-state index contributed by atoms with van der Waals surface area (Å²) in [6.45, 7) is 0.280. The molecule has 1 unspecified atom stereocenters. The molecular formula is C17H26N2O4S. The molecule has 1 atom stereocenters. The first-order valence-electron chi connectivity index (χ1n) is 8.33. The number of carbonyl (C=O) groups is 1. The van der Waals surface area contributed by atoms with Gasteiger partial charge < -0.3 is 10.5 Å². The molecule has 1 aromatic carbocycles. The fourth-order valence-electron chi connectivity index (χ4n) is 3.31. The first kappa shape index (κ1) is 18.9. The smallest absolute Gasteiger partial charge is 0.338 e. The molecule has 134 valence electrons. The summed E-state index contributed by atoms with van der Waals surface area (Å²) in [4.78, 5) is 11.8. The Kier molecular flexibility index (Phi) is 6.77. The van der Waals surface area contributed by atoms with Crippen LogP contribution in [-0.2, 0) is 20.5 Å². The van der Waals surface area contributed by atoms with Gasteiger partial charge in [0.25, 0.3) is 0 Å². The summed E-state index contributed by atoms with van der Waals surface area (Å²) in [7, 11) is -2.32. The maximum Gasteiger partial charge on any atom is 0.338 e. The van der Waals surface area contributed by atoms with Crippen LogP contribution in [0.25, 0.3) is 0 Å². The van der Waals surface area contributed by atoms with Gasteiger partial charge in [0.1, 0.15) is 0 Å². The van der Waals surface area contributed by atoms with Gasteiger partial charge in [-0.25, -0.2) is 17.9 Å². The summed E-state index contributed by atoms with van der Waals surface area (Å²) in [6.07, 6.45) is 5.45. The van der Waals surface area contributed by atoms with Crippen molar-refractivity contribution in [1.82, 2.24) is 4.72 Å². The van der Waals surface area contributed by atoms with Gasteiger partial charge in [0, 0.05) is 12.6 Å². The number of esters is 1. The number of nitrogens with two attached hydrogens (primary N) is 1. The Morgan fingerprint density at radius 1 is 1.29 bits per heavy atom. The number of methoxy groups -OCH3 is 1. The van der Waals surface area contributed by atoms with Crippen molar-refractivity contribution in [2.75, 3.05) is 13.7 Å². The van der Waals surface area contributed by atoms with Gasteiger partial charge in [-0.15, -0.1) is 0 Å². The third kappa shape index (κ3) is 5.03. The van der Waals surface area contributed by atoms with Crippen LogP contribution in [0.4, 0.5) is 0 Å². The molecule has 0 bridgehead atoms. The molecule has 0 spiro atoms. The molecule has 0 aromatic heterocycles. The molecule has 7 heteroatoms. The lowest BCUT2D eigenvalue weighted by molar-refractivity contribution is 0.0600. The van der Waals surface area contributed by atoms with Gasteiger partial charge >= 0.3 is 5.97 Å². The monoisotopic (exact) mass is 354 g/mol. The topological polar surface area (TPSA) is 98.5 Å². The molecular weight excluding hydrogens is 328 g/mol. The second-order valence-electron chi connectivity index (χ2n) is 6.27. The van der Waals surface area contributed by atoms with Crippen molar-refractivity contribution in [3.8, 4) is 0 Å². The maximum atomic E-state index is 12.6. The van der Waals surface area contributed by atoms with E-state index < -0.39 is 16.0 Å². The molecule has 0 radical (unpaired) electrons. The number of rotatable bonds is 7.